The number of alkyl carbamates (subject to hydrolysis) is 1. The van der Waals surface area contributed by atoms with Crippen LogP contribution in [0, 0.1) is 29.1 Å². The van der Waals surface area contributed by atoms with Crippen LogP contribution in [-0.4, -0.2) is 70.1 Å². The number of fused-ring (bicyclic) bond motifs is 3. The fraction of sp³-hybridized carbons (Fsp3) is 0.969. The number of aliphatic hydroxyl groups excluding tert-OH is 1. The van der Waals surface area contributed by atoms with Crippen LogP contribution in [0.5, 0.6) is 0 Å². The fourth-order valence-electron chi connectivity index (χ4n) is 7.93. The van der Waals surface area contributed by atoms with E-state index >= 15 is 0 Å². The third-order valence-electron chi connectivity index (χ3n) is 10.0. The molecule has 2 N–H and O–H groups in total. The lowest BCUT2D eigenvalue weighted by Crippen LogP contribution is -2.51. The number of hydrogen-bond donors (Lipinski definition) is 2. The predicted octanol–water partition coefficient (Wildman–Crippen LogP) is 6.51. The van der Waals surface area contributed by atoms with E-state index in [-0.39, 0.29) is 18.8 Å². The van der Waals surface area contributed by atoms with Crippen molar-refractivity contribution in [2.24, 2.45) is 29.1 Å². The van der Waals surface area contributed by atoms with Crippen molar-refractivity contribution < 1.29 is 28.8 Å². The van der Waals surface area contributed by atoms with Crippen molar-refractivity contribution in [2.75, 3.05) is 52.8 Å². The van der Waals surface area contributed by atoms with Crippen LogP contribution in [0.4, 0.5) is 4.79 Å². The summed E-state index contributed by atoms with van der Waals surface area (Å²) in [5.74, 6) is 3.51. The van der Waals surface area contributed by atoms with Gasteiger partial charge in [0.25, 0.3) is 0 Å². The molecule has 0 aromatic carbocycles. The van der Waals surface area contributed by atoms with E-state index in [0.717, 1.165) is 68.8 Å². The summed E-state index contributed by atoms with van der Waals surface area (Å²) in [5.41, 5.74) is 0.457. The lowest BCUT2D eigenvalue weighted by Gasteiger charge is -2.58. The van der Waals surface area contributed by atoms with E-state index in [9.17, 15) is 4.79 Å². The number of ether oxygens (including phenoxy) is 4. The lowest BCUT2D eigenvalue weighted by molar-refractivity contribution is -0.101. The third kappa shape index (κ3) is 10.8. The molecule has 1 amide bonds. The molecule has 3 aliphatic carbocycles. The van der Waals surface area contributed by atoms with Gasteiger partial charge >= 0.3 is 6.09 Å². The maximum Gasteiger partial charge on any atom is 0.407 e. The monoisotopic (exact) mass is 553 g/mol. The Kier molecular flexibility index (Phi) is 15.5. The van der Waals surface area contributed by atoms with Gasteiger partial charge in [0.2, 0.25) is 0 Å². The van der Waals surface area contributed by atoms with E-state index in [0.29, 0.717) is 51.4 Å². The Hall–Kier alpha value is -0.890. The molecular weight excluding hydrogens is 494 g/mol. The van der Waals surface area contributed by atoms with Crippen molar-refractivity contribution in [1.29, 1.82) is 0 Å². The molecule has 6 atom stereocenters. The number of aliphatic hydroxyl groups is 1. The number of rotatable bonds is 19. The summed E-state index contributed by atoms with van der Waals surface area (Å²) in [4.78, 5) is 12.5. The molecule has 7 nitrogen and oxygen atoms in total. The van der Waals surface area contributed by atoms with Gasteiger partial charge < -0.3 is 29.4 Å². The largest absolute Gasteiger partial charge is 0.446 e. The maximum atomic E-state index is 12.5. The van der Waals surface area contributed by atoms with Crippen molar-refractivity contribution in [1.82, 2.24) is 5.32 Å². The summed E-state index contributed by atoms with van der Waals surface area (Å²) in [7, 11) is 0. The van der Waals surface area contributed by atoms with Gasteiger partial charge in [-0.25, -0.2) is 4.79 Å². The van der Waals surface area contributed by atoms with Gasteiger partial charge in [-0.2, -0.15) is 0 Å². The average molecular weight is 554 g/mol. The molecule has 0 spiro atoms. The molecule has 4 unspecified atom stereocenters. The SMILES string of the molecule is CCCC1CCCC2C1CCC1C[C@@H](OC(=O)NCCCCCCOCCOCCOCCCO)CC[C@@]12C. The Balaban J connectivity index is 1.17. The van der Waals surface area contributed by atoms with Gasteiger partial charge in [-0.1, -0.05) is 52.4 Å². The van der Waals surface area contributed by atoms with Crippen LogP contribution < -0.4 is 5.32 Å². The zero-order valence-corrected chi connectivity index (χ0v) is 25.1. The predicted molar refractivity (Wildman–Crippen MR) is 155 cm³/mol. The maximum absolute atomic E-state index is 12.5. The molecular formula is C32H59NO6. The Morgan fingerprint density at radius 3 is 2.33 bits per heavy atom. The number of amides is 1. The minimum atomic E-state index is -0.222. The molecule has 3 saturated carbocycles. The van der Waals surface area contributed by atoms with E-state index in [1.807, 2.05) is 0 Å². The first-order valence-electron chi connectivity index (χ1n) is 16.4. The highest BCUT2D eigenvalue weighted by atomic mass is 16.6. The van der Waals surface area contributed by atoms with Crippen molar-refractivity contribution in [3.8, 4) is 0 Å². The molecule has 3 aliphatic rings. The highest BCUT2D eigenvalue weighted by molar-refractivity contribution is 5.67. The quantitative estimate of drug-likeness (QED) is 0.177. The molecule has 0 heterocycles. The highest BCUT2D eigenvalue weighted by Gasteiger charge is 2.53. The van der Waals surface area contributed by atoms with Crippen LogP contribution in [0.15, 0.2) is 0 Å². The summed E-state index contributed by atoms with van der Waals surface area (Å²) in [6.07, 6.45) is 17.8. The van der Waals surface area contributed by atoms with Crippen LogP contribution in [-0.2, 0) is 18.9 Å². The van der Waals surface area contributed by atoms with Crippen LogP contribution >= 0.6 is 0 Å². The summed E-state index contributed by atoms with van der Waals surface area (Å²) in [6.45, 7) is 9.40. The molecule has 0 saturated heterocycles. The Morgan fingerprint density at radius 1 is 0.872 bits per heavy atom. The van der Waals surface area contributed by atoms with Gasteiger partial charge in [0.15, 0.2) is 0 Å². The van der Waals surface area contributed by atoms with Crippen LogP contribution in [0.1, 0.15) is 110 Å². The first kappa shape index (κ1) is 32.6. The molecule has 0 radical (unpaired) electrons. The van der Waals surface area contributed by atoms with Crippen LogP contribution in [0.3, 0.4) is 0 Å². The average Bonchev–Trinajstić information content (AvgIpc) is 2.93. The van der Waals surface area contributed by atoms with E-state index in [2.05, 4.69) is 19.2 Å². The summed E-state index contributed by atoms with van der Waals surface area (Å²) >= 11 is 0. The Labute approximate surface area is 238 Å². The third-order valence-corrected chi connectivity index (χ3v) is 10.0. The van der Waals surface area contributed by atoms with E-state index in [4.69, 9.17) is 24.1 Å². The van der Waals surface area contributed by atoms with Crippen LogP contribution in [0.25, 0.3) is 0 Å². The first-order valence-corrected chi connectivity index (χ1v) is 16.4. The second kappa shape index (κ2) is 18.5. The molecule has 3 rings (SSSR count). The normalized spacial score (nSPS) is 30.4. The number of carbonyl (C=O) groups is 1. The standard InChI is InChI=1S/C32H59NO6/c1-3-10-26-11-8-12-30-29(26)14-13-27-25-28(15-16-32(27,30)2)39-31(35)33-17-6-4-5-7-19-36-21-23-38-24-22-37-20-9-18-34/h26-30,34H,3-25H2,1-2H3,(H,33,35)/t26?,27?,28-,29?,30?,32-/m0/s1. The number of unbranched alkanes of at least 4 members (excludes halogenated alkanes) is 3. The highest BCUT2D eigenvalue weighted by Crippen LogP contribution is 2.60. The summed E-state index contributed by atoms with van der Waals surface area (Å²) in [5, 5.41) is 11.7. The second-order valence-electron chi connectivity index (χ2n) is 12.6. The molecule has 39 heavy (non-hydrogen) atoms. The zero-order chi connectivity index (χ0) is 27.8. The summed E-state index contributed by atoms with van der Waals surface area (Å²) in [6, 6.07) is 0. The summed E-state index contributed by atoms with van der Waals surface area (Å²) < 4.78 is 22.3. The Morgan fingerprint density at radius 2 is 1.59 bits per heavy atom. The molecule has 0 aromatic heterocycles. The molecule has 228 valence electrons. The Bertz CT molecular complexity index is 661. The van der Waals surface area contributed by atoms with Crippen molar-refractivity contribution >= 4 is 6.09 Å². The van der Waals surface area contributed by atoms with Crippen LogP contribution in [0.2, 0.25) is 0 Å². The molecule has 3 fully saturated rings. The van der Waals surface area contributed by atoms with Gasteiger partial charge in [-0.05, 0) is 86.9 Å². The second-order valence-corrected chi connectivity index (χ2v) is 12.6. The lowest BCUT2D eigenvalue weighted by atomic mass is 9.48. The smallest absolute Gasteiger partial charge is 0.407 e. The van der Waals surface area contributed by atoms with E-state index in [1.54, 1.807) is 0 Å². The van der Waals surface area contributed by atoms with Gasteiger partial charge in [-0.15, -0.1) is 0 Å². The molecule has 0 aromatic rings. The molecule has 0 bridgehead atoms. The van der Waals surface area contributed by atoms with Gasteiger partial charge in [0.1, 0.15) is 6.10 Å². The van der Waals surface area contributed by atoms with Gasteiger partial charge in [-0.3, -0.25) is 0 Å². The van der Waals surface area contributed by atoms with Gasteiger partial charge in [0, 0.05) is 26.4 Å². The first-order chi connectivity index (χ1) is 19.1. The molecule has 0 aliphatic heterocycles. The van der Waals surface area contributed by atoms with Crippen molar-refractivity contribution in [2.45, 2.75) is 116 Å². The van der Waals surface area contributed by atoms with Crippen molar-refractivity contribution in [3.63, 3.8) is 0 Å². The van der Waals surface area contributed by atoms with Crippen molar-refractivity contribution in [3.05, 3.63) is 0 Å². The number of nitrogens with one attached hydrogen (secondary N) is 1. The van der Waals surface area contributed by atoms with Gasteiger partial charge in [0.05, 0.1) is 26.4 Å². The van der Waals surface area contributed by atoms with E-state index < -0.39 is 0 Å². The van der Waals surface area contributed by atoms with E-state index in [1.165, 1.54) is 51.4 Å². The minimum Gasteiger partial charge on any atom is -0.446 e. The zero-order valence-electron chi connectivity index (χ0n) is 25.1. The number of hydrogen-bond acceptors (Lipinski definition) is 6. The topological polar surface area (TPSA) is 86.3 Å². The number of carbonyl (C=O) groups excluding carboxylic acids is 1. The fourth-order valence-corrected chi connectivity index (χ4v) is 7.93. The minimum absolute atomic E-state index is 0.0922. The molecule has 7 heteroatoms.